The van der Waals surface area contributed by atoms with E-state index in [1.54, 1.807) is 29.2 Å². The van der Waals surface area contributed by atoms with Crippen molar-refractivity contribution in [1.29, 1.82) is 0 Å². The van der Waals surface area contributed by atoms with Gasteiger partial charge in [-0.05, 0) is 57.9 Å². The fraction of sp³-hybridized carbons (Fsp3) is 0.591. The molecule has 1 aromatic carbocycles. The lowest BCUT2D eigenvalue weighted by Crippen LogP contribution is -2.49. The van der Waals surface area contributed by atoms with Gasteiger partial charge in [-0.25, -0.2) is 0 Å². The molecule has 8 heteroatoms. The van der Waals surface area contributed by atoms with Crippen LogP contribution in [0.15, 0.2) is 24.3 Å². The fourth-order valence-corrected chi connectivity index (χ4v) is 4.10. The Morgan fingerprint density at radius 1 is 1.17 bits per heavy atom. The van der Waals surface area contributed by atoms with Gasteiger partial charge in [0.05, 0.1) is 5.92 Å². The summed E-state index contributed by atoms with van der Waals surface area (Å²) in [6.07, 6.45) is 1.68. The van der Waals surface area contributed by atoms with E-state index < -0.39 is 0 Å². The van der Waals surface area contributed by atoms with Crippen LogP contribution < -0.4 is 10.1 Å². The van der Waals surface area contributed by atoms with Gasteiger partial charge in [-0.1, -0.05) is 11.6 Å². The Morgan fingerprint density at radius 3 is 2.37 bits per heavy atom. The van der Waals surface area contributed by atoms with E-state index in [0.717, 1.165) is 0 Å². The Bertz CT molecular complexity index is 783. The number of benzene rings is 1. The predicted molar refractivity (Wildman–Crippen MR) is 114 cm³/mol. The van der Waals surface area contributed by atoms with Crippen molar-refractivity contribution in [3.8, 4) is 5.75 Å². The maximum Gasteiger partial charge on any atom is 0.258 e. The summed E-state index contributed by atoms with van der Waals surface area (Å²) in [6, 6.07) is 6.87. The van der Waals surface area contributed by atoms with Gasteiger partial charge in [-0.3, -0.25) is 14.4 Å². The number of nitrogens with zero attached hydrogens (tertiary/aromatic N) is 2. The molecule has 7 nitrogen and oxygen atoms in total. The van der Waals surface area contributed by atoms with Gasteiger partial charge in [0.25, 0.3) is 5.91 Å². The SMILES string of the molecule is CC(C)(C)N1CC(C(=O)N2CCC(NC(=O)COc3ccc(Cl)cc3)CC2)CC1=O. The molecule has 2 heterocycles. The van der Waals surface area contributed by atoms with E-state index in [9.17, 15) is 14.4 Å². The highest BCUT2D eigenvalue weighted by Crippen LogP contribution is 2.28. The van der Waals surface area contributed by atoms with Crippen molar-refractivity contribution in [3.63, 3.8) is 0 Å². The summed E-state index contributed by atoms with van der Waals surface area (Å²) in [5, 5.41) is 3.59. The van der Waals surface area contributed by atoms with Gasteiger partial charge in [-0.2, -0.15) is 0 Å². The van der Waals surface area contributed by atoms with Gasteiger partial charge < -0.3 is 19.9 Å². The minimum atomic E-state index is -0.268. The fourth-order valence-electron chi connectivity index (χ4n) is 3.97. The second-order valence-corrected chi connectivity index (χ2v) is 9.42. The molecular formula is C22H30ClN3O4. The summed E-state index contributed by atoms with van der Waals surface area (Å²) >= 11 is 5.83. The summed E-state index contributed by atoms with van der Waals surface area (Å²) < 4.78 is 5.47. The molecule has 2 aliphatic rings. The molecule has 0 aliphatic carbocycles. The highest BCUT2D eigenvalue weighted by atomic mass is 35.5. The van der Waals surface area contributed by atoms with Gasteiger partial charge in [0, 0.05) is 42.7 Å². The number of nitrogens with one attached hydrogen (secondary N) is 1. The lowest BCUT2D eigenvalue weighted by atomic mass is 10.0. The van der Waals surface area contributed by atoms with Gasteiger partial charge in [0.2, 0.25) is 11.8 Å². The summed E-state index contributed by atoms with van der Waals surface area (Å²) in [4.78, 5) is 40.9. The van der Waals surface area contributed by atoms with Crippen molar-refractivity contribution in [2.75, 3.05) is 26.2 Å². The molecule has 0 aromatic heterocycles. The topological polar surface area (TPSA) is 79.0 Å². The Morgan fingerprint density at radius 2 is 1.80 bits per heavy atom. The van der Waals surface area contributed by atoms with E-state index in [0.29, 0.717) is 43.2 Å². The maximum absolute atomic E-state index is 12.9. The molecule has 3 amide bonds. The number of halogens is 1. The molecule has 1 aromatic rings. The van der Waals surface area contributed by atoms with Gasteiger partial charge >= 0.3 is 0 Å². The first-order valence-corrected chi connectivity index (χ1v) is 10.8. The molecular weight excluding hydrogens is 406 g/mol. The van der Waals surface area contributed by atoms with E-state index >= 15 is 0 Å². The zero-order valence-corrected chi connectivity index (χ0v) is 18.6. The van der Waals surface area contributed by atoms with Crippen molar-refractivity contribution in [2.24, 2.45) is 5.92 Å². The molecule has 30 heavy (non-hydrogen) atoms. The van der Waals surface area contributed by atoms with E-state index in [-0.39, 0.29) is 48.2 Å². The zero-order valence-electron chi connectivity index (χ0n) is 17.8. The summed E-state index contributed by atoms with van der Waals surface area (Å²) in [5.41, 5.74) is -0.266. The average molecular weight is 436 g/mol. The van der Waals surface area contributed by atoms with Gasteiger partial charge in [0.1, 0.15) is 5.75 Å². The molecule has 0 bridgehead atoms. The second kappa shape index (κ2) is 9.25. The molecule has 2 aliphatic heterocycles. The summed E-state index contributed by atoms with van der Waals surface area (Å²) in [6.45, 7) is 7.56. The van der Waals surface area contributed by atoms with E-state index in [2.05, 4.69) is 5.32 Å². The molecule has 0 saturated carbocycles. The van der Waals surface area contributed by atoms with E-state index in [4.69, 9.17) is 16.3 Å². The monoisotopic (exact) mass is 435 g/mol. The minimum absolute atomic E-state index is 0.0200. The lowest BCUT2D eigenvalue weighted by molar-refractivity contribution is -0.137. The Kier molecular flexibility index (Phi) is 6.91. The number of hydrogen-bond donors (Lipinski definition) is 1. The second-order valence-electron chi connectivity index (χ2n) is 8.99. The standard InChI is InChI=1S/C22H30ClN3O4/c1-22(2,3)26-13-15(12-20(26)28)21(29)25-10-8-17(9-11-25)24-19(27)14-30-18-6-4-16(23)5-7-18/h4-7,15,17H,8-14H2,1-3H3,(H,24,27). The van der Waals surface area contributed by atoms with Crippen LogP contribution in [0.1, 0.15) is 40.0 Å². The number of ether oxygens (including phenoxy) is 1. The Balaban J connectivity index is 1.41. The van der Waals surface area contributed by atoms with Crippen LogP contribution in [0.3, 0.4) is 0 Å². The smallest absolute Gasteiger partial charge is 0.258 e. The van der Waals surface area contributed by atoms with Crippen LogP contribution in [-0.4, -0.2) is 65.3 Å². The molecule has 1 N–H and O–H groups in total. The Labute approximate surface area is 182 Å². The van der Waals surface area contributed by atoms with Crippen LogP contribution in [0, 0.1) is 5.92 Å². The molecule has 2 saturated heterocycles. The van der Waals surface area contributed by atoms with Gasteiger partial charge in [-0.15, -0.1) is 0 Å². The first-order valence-electron chi connectivity index (χ1n) is 10.4. The predicted octanol–water partition coefficient (Wildman–Crippen LogP) is 2.47. The number of piperidine rings is 1. The third-order valence-corrected chi connectivity index (χ3v) is 5.89. The summed E-state index contributed by atoms with van der Waals surface area (Å²) in [5.74, 6) is 0.229. The number of hydrogen-bond acceptors (Lipinski definition) is 4. The third kappa shape index (κ3) is 5.65. The molecule has 1 unspecified atom stereocenters. The van der Waals surface area contributed by atoms with Crippen LogP contribution in [0.4, 0.5) is 0 Å². The van der Waals surface area contributed by atoms with Crippen LogP contribution in [0.5, 0.6) is 5.75 Å². The number of carbonyl (C=O) groups is 3. The quantitative estimate of drug-likeness (QED) is 0.770. The van der Waals surface area contributed by atoms with Gasteiger partial charge in [0.15, 0.2) is 6.61 Å². The molecule has 3 rings (SSSR count). The van der Waals surface area contributed by atoms with Crippen molar-refractivity contribution >= 4 is 29.3 Å². The summed E-state index contributed by atoms with van der Waals surface area (Å²) in [7, 11) is 0. The van der Waals surface area contributed by atoms with Crippen molar-refractivity contribution in [3.05, 3.63) is 29.3 Å². The molecule has 0 radical (unpaired) electrons. The van der Waals surface area contributed by atoms with Crippen molar-refractivity contribution < 1.29 is 19.1 Å². The normalized spacial score (nSPS) is 20.4. The largest absolute Gasteiger partial charge is 0.484 e. The Hall–Kier alpha value is -2.28. The average Bonchev–Trinajstić information content (AvgIpc) is 3.10. The first-order chi connectivity index (χ1) is 14.1. The minimum Gasteiger partial charge on any atom is -0.484 e. The number of likely N-dealkylation sites (tertiary alicyclic amines) is 2. The zero-order chi connectivity index (χ0) is 21.9. The molecule has 0 spiro atoms. The van der Waals surface area contributed by atoms with Crippen LogP contribution in [-0.2, 0) is 14.4 Å². The van der Waals surface area contributed by atoms with Crippen LogP contribution >= 0.6 is 11.6 Å². The maximum atomic E-state index is 12.9. The number of amides is 3. The van der Waals surface area contributed by atoms with Crippen molar-refractivity contribution in [2.45, 2.75) is 51.6 Å². The molecule has 164 valence electrons. The highest BCUT2D eigenvalue weighted by molar-refractivity contribution is 6.30. The lowest BCUT2D eigenvalue weighted by Gasteiger charge is -2.35. The number of rotatable bonds is 5. The molecule has 1 atom stereocenters. The molecule has 2 fully saturated rings. The van der Waals surface area contributed by atoms with Crippen LogP contribution in [0.2, 0.25) is 5.02 Å². The van der Waals surface area contributed by atoms with Crippen LogP contribution in [0.25, 0.3) is 0 Å². The number of carbonyl (C=O) groups excluding carboxylic acids is 3. The van der Waals surface area contributed by atoms with Crippen molar-refractivity contribution in [1.82, 2.24) is 15.1 Å². The highest BCUT2D eigenvalue weighted by Gasteiger charge is 2.41. The third-order valence-electron chi connectivity index (χ3n) is 5.64. The first kappa shape index (κ1) is 22.4. The van der Waals surface area contributed by atoms with E-state index in [1.807, 2.05) is 25.7 Å². The van der Waals surface area contributed by atoms with E-state index in [1.165, 1.54) is 0 Å².